The van der Waals surface area contributed by atoms with Gasteiger partial charge in [-0.3, -0.25) is 0 Å². The summed E-state index contributed by atoms with van der Waals surface area (Å²) in [6, 6.07) is 26.7. The molecule has 1 heterocycles. The topological polar surface area (TPSA) is 32.7 Å². The van der Waals surface area contributed by atoms with Gasteiger partial charge >= 0.3 is 0 Å². The summed E-state index contributed by atoms with van der Waals surface area (Å²) >= 11 is 0. The number of β-amino-alcohol motifs (C(OH)–C–C–N with tert-alkyl or cyclic N) is 1. The number of ether oxygens (including phenoxy) is 1. The number of para-hydroxylation sites is 1. The summed E-state index contributed by atoms with van der Waals surface area (Å²) in [6.07, 6.45) is 0.528. The van der Waals surface area contributed by atoms with Crippen LogP contribution in [0.1, 0.15) is 5.56 Å². The Hall–Kier alpha value is -2.78. The smallest absolute Gasteiger partial charge is 0.119 e. The summed E-state index contributed by atoms with van der Waals surface area (Å²) in [7, 11) is 0. The lowest BCUT2D eigenvalue weighted by Gasteiger charge is -2.23. The van der Waals surface area contributed by atoms with Crippen LogP contribution in [0.5, 0.6) is 5.75 Å². The van der Waals surface area contributed by atoms with E-state index in [2.05, 4.69) is 35.2 Å². The third-order valence-corrected chi connectivity index (χ3v) is 4.82. The van der Waals surface area contributed by atoms with Gasteiger partial charge in [0.2, 0.25) is 0 Å². The van der Waals surface area contributed by atoms with Crippen LogP contribution in [0.2, 0.25) is 0 Å². The summed E-state index contributed by atoms with van der Waals surface area (Å²) in [4.78, 5) is 2.24. The van der Waals surface area contributed by atoms with Crippen LogP contribution in [0.3, 0.4) is 0 Å². The van der Waals surface area contributed by atoms with Crippen LogP contribution < -0.4 is 9.64 Å². The zero-order valence-electron chi connectivity index (χ0n) is 14.7. The molecule has 3 aromatic carbocycles. The predicted molar refractivity (Wildman–Crippen MR) is 106 cm³/mol. The van der Waals surface area contributed by atoms with E-state index in [1.54, 1.807) is 0 Å². The largest absolute Gasteiger partial charge is 0.491 e. The molecule has 0 saturated carbocycles. The number of aliphatic hydroxyl groups is 1. The first-order valence-electron chi connectivity index (χ1n) is 9.09. The third kappa shape index (κ3) is 3.73. The van der Waals surface area contributed by atoms with E-state index in [0.717, 1.165) is 24.3 Å². The Kier molecular flexibility index (Phi) is 4.89. The fraction of sp³-hybridized carbons (Fsp3) is 0.217. The van der Waals surface area contributed by atoms with Gasteiger partial charge in [0.15, 0.2) is 0 Å². The van der Waals surface area contributed by atoms with Gasteiger partial charge < -0.3 is 14.7 Å². The maximum absolute atomic E-state index is 10.4. The molecular weight excluding hydrogens is 322 g/mol. The fourth-order valence-electron chi connectivity index (χ4n) is 3.47. The molecule has 132 valence electrons. The van der Waals surface area contributed by atoms with Crippen molar-refractivity contribution in [2.45, 2.75) is 12.5 Å². The van der Waals surface area contributed by atoms with Crippen LogP contribution in [0.25, 0.3) is 11.1 Å². The maximum Gasteiger partial charge on any atom is 0.119 e. The lowest BCUT2D eigenvalue weighted by atomic mass is 10.1. The van der Waals surface area contributed by atoms with Gasteiger partial charge in [-0.15, -0.1) is 0 Å². The van der Waals surface area contributed by atoms with Crippen LogP contribution in [0, 0.1) is 0 Å². The standard InChI is InChI=1S/C23H23NO2/c25-21(16-24-15-14-20-8-4-5-9-23(20)24)17-26-22-12-10-19(11-13-22)18-6-2-1-3-7-18/h1-13,21,25H,14-17H2/t21-/m0/s1. The zero-order chi connectivity index (χ0) is 17.8. The molecule has 26 heavy (non-hydrogen) atoms. The van der Waals surface area contributed by atoms with E-state index in [4.69, 9.17) is 4.74 Å². The van der Waals surface area contributed by atoms with Crippen molar-refractivity contribution < 1.29 is 9.84 Å². The van der Waals surface area contributed by atoms with E-state index >= 15 is 0 Å². The first kappa shape index (κ1) is 16.7. The molecule has 1 N–H and O–H groups in total. The highest BCUT2D eigenvalue weighted by atomic mass is 16.5. The second kappa shape index (κ2) is 7.63. The van der Waals surface area contributed by atoms with Crippen LogP contribution in [0.15, 0.2) is 78.9 Å². The number of rotatable bonds is 6. The molecule has 0 aromatic heterocycles. The van der Waals surface area contributed by atoms with E-state index < -0.39 is 6.10 Å². The molecule has 0 bridgehead atoms. The second-order valence-corrected chi connectivity index (χ2v) is 6.68. The molecule has 0 amide bonds. The zero-order valence-corrected chi connectivity index (χ0v) is 14.7. The number of aliphatic hydroxyl groups excluding tert-OH is 1. The monoisotopic (exact) mass is 345 g/mol. The van der Waals surface area contributed by atoms with Crippen molar-refractivity contribution in [2.75, 3.05) is 24.6 Å². The van der Waals surface area contributed by atoms with Crippen LogP contribution in [0.4, 0.5) is 5.69 Å². The van der Waals surface area contributed by atoms with Crippen molar-refractivity contribution in [3.8, 4) is 16.9 Å². The Morgan fingerprint density at radius 2 is 1.54 bits per heavy atom. The minimum Gasteiger partial charge on any atom is -0.491 e. The van der Waals surface area contributed by atoms with Crippen LogP contribution in [-0.2, 0) is 6.42 Å². The third-order valence-electron chi connectivity index (χ3n) is 4.82. The summed E-state index contributed by atoms with van der Waals surface area (Å²) in [5, 5.41) is 10.4. The van der Waals surface area contributed by atoms with Gasteiger partial charge in [0.1, 0.15) is 18.5 Å². The van der Waals surface area contributed by atoms with Gasteiger partial charge in [-0.2, -0.15) is 0 Å². The second-order valence-electron chi connectivity index (χ2n) is 6.68. The van der Waals surface area contributed by atoms with E-state index in [1.807, 2.05) is 48.5 Å². The van der Waals surface area contributed by atoms with Crippen LogP contribution >= 0.6 is 0 Å². The van der Waals surface area contributed by atoms with Gasteiger partial charge in [0.05, 0.1) is 0 Å². The SMILES string of the molecule is O[C@H](COc1ccc(-c2ccccc2)cc1)CN1CCc2ccccc21. The molecule has 0 saturated heterocycles. The van der Waals surface area contributed by atoms with E-state index in [0.29, 0.717) is 13.2 Å². The lowest BCUT2D eigenvalue weighted by molar-refractivity contribution is 0.112. The lowest BCUT2D eigenvalue weighted by Crippen LogP contribution is -2.34. The molecule has 1 aliphatic rings. The van der Waals surface area contributed by atoms with E-state index in [1.165, 1.54) is 16.8 Å². The van der Waals surface area contributed by atoms with Gasteiger partial charge in [-0.05, 0) is 41.3 Å². The number of anilines is 1. The predicted octanol–water partition coefficient (Wildman–Crippen LogP) is 4.16. The van der Waals surface area contributed by atoms with E-state index in [-0.39, 0.29) is 0 Å². The van der Waals surface area contributed by atoms with Crippen LogP contribution in [-0.4, -0.2) is 30.9 Å². The molecule has 0 fully saturated rings. The normalized spacial score (nSPS) is 14.1. The summed E-state index contributed by atoms with van der Waals surface area (Å²) < 4.78 is 5.78. The molecule has 4 rings (SSSR count). The Bertz CT molecular complexity index is 846. The quantitative estimate of drug-likeness (QED) is 0.728. The number of benzene rings is 3. The summed E-state index contributed by atoms with van der Waals surface area (Å²) in [6.45, 7) is 1.85. The van der Waals surface area contributed by atoms with Crippen molar-refractivity contribution in [3.05, 3.63) is 84.4 Å². The molecule has 0 radical (unpaired) electrons. The van der Waals surface area contributed by atoms with Crippen molar-refractivity contribution in [3.63, 3.8) is 0 Å². The fourth-order valence-corrected chi connectivity index (χ4v) is 3.47. The van der Waals surface area contributed by atoms with Crippen molar-refractivity contribution in [1.82, 2.24) is 0 Å². The molecule has 0 aliphatic carbocycles. The van der Waals surface area contributed by atoms with Gasteiger partial charge in [0, 0.05) is 18.8 Å². The molecular formula is C23H23NO2. The Morgan fingerprint density at radius 3 is 2.35 bits per heavy atom. The molecule has 3 nitrogen and oxygen atoms in total. The molecule has 3 heteroatoms. The highest BCUT2D eigenvalue weighted by molar-refractivity contribution is 5.63. The highest BCUT2D eigenvalue weighted by Gasteiger charge is 2.20. The summed E-state index contributed by atoms with van der Waals surface area (Å²) in [5.74, 6) is 0.783. The average Bonchev–Trinajstić information content (AvgIpc) is 3.10. The van der Waals surface area contributed by atoms with Crippen molar-refractivity contribution >= 4 is 5.69 Å². The molecule has 0 spiro atoms. The molecule has 0 unspecified atom stereocenters. The number of hydrogen-bond donors (Lipinski definition) is 1. The van der Waals surface area contributed by atoms with Crippen molar-refractivity contribution in [1.29, 1.82) is 0 Å². The van der Waals surface area contributed by atoms with Gasteiger partial charge in [-0.25, -0.2) is 0 Å². The first-order chi connectivity index (χ1) is 12.8. The van der Waals surface area contributed by atoms with Crippen molar-refractivity contribution in [2.24, 2.45) is 0 Å². The molecule has 1 aliphatic heterocycles. The number of nitrogens with zero attached hydrogens (tertiary/aromatic N) is 1. The average molecular weight is 345 g/mol. The Labute approximate surface area is 154 Å². The Balaban J connectivity index is 1.31. The highest BCUT2D eigenvalue weighted by Crippen LogP contribution is 2.27. The van der Waals surface area contributed by atoms with Gasteiger partial charge in [-0.1, -0.05) is 60.7 Å². The van der Waals surface area contributed by atoms with Gasteiger partial charge in [0.25, 0.3) is 0 Å². The number of fused-ring (bicyclic) bond motifs is 1. The van der Waals surface area contributed by atoms with E-state index in [9.17, 15) is 5.11 Å². The minimum atomic E-state index is -0.519. The number of hydrogen-bond acceptors (Lipinski definition) is 3. The maximum atomic E-state index is 10.4. The molecule has 1 atom stereocenters. The Morgan fingerprint density at radius 1 is 0.846 bits per heavy atom. The molecule has 3 aromatic rings. The first-order valence-corrected chi connectivity index (χ1v) is 9.09. The summed E-state index contributed by atoms with van der Waals surface area (Å²) in [5.41, 5.74) is 4.94. The minimum absolute atomic E-state index is 0.295.